The lowest BCUT2D eigenvalue weighted by atomic mass is 9.80. The van der Waals surface area contributed by atoms with Crippen molar-refractivity contribution >= 4 is 85.7 Å². The van der Waals surface area contributed by atoms with Gasteiger partial charge in [0.2, 0.25) is 0 Å². The van der Waals surface area contributed by atoms with Gasteiger partial charge in [0.05, 0.1) is 0 Å². The van der Waals surface area contributed by atoms with Crippen LogP contribution in [0.5, 0.6) is 0 Å². The van der Waals surface area contributed by atoms with Crippen molar-refractivity contribution in [2.75, 3.05) is 0 Å². The minimum Gasteiger partial charge on any atom is -0.135 e. The topological polar surface area (TPSA) is 0 Å². The van der Waals surface area contributed by atoms with Crippen molar-refractivity contribution in [3.8, 4) is 22.3 Å². The molecule has 0 radical (unpaired) electrons. The number of fused-ring (bicyclic) bond motifs is 12. The summed E-state index contributed by atoms with van der Waals surface area (Å²) in [5.74, 6) is 0. The molecule has 0 saturated carbocycles. The van der Waals surface area contributed by atoms with E-state index >= 15 is 0 Å². The highest BCUT2D eigenvalue weighted by Gasteiger charge is 2.37. The second-order valence-corrected chi connectivity index (χ2v) is 17.3. The Labute approximate surface area is 330 Å². The first-order valence-electron chi connectivity index (χ1n) is 19.9. The van der Waals surface area contributed by atoms with Gasteiger partial charge in [-0.1, -0.05) is 172 Å². The van der Waals surface area contributed by atoms with E-state index < -0.39 is 0 Å². The van der Waals surface area contributed by atoms with Gasteiger partial charge in [0, 0.05) is 31.0 Å². The van der Waals surface area contributed by atoms with Crippen LogP contribution < -0.4 is 0 Å². The number of hydrogen-bond acceptors (Lipinski definition) is 1. The third kappa shape index (κ3) is 4.47. The molecular weight excluding hydrogens is 693 g/mol. The van der Waals surface area contributed by atoms with Gasteiger partial charge in [-0.05, 0) is 118 Å². The molecule has 0 saturated heterocycles. The van der Waals surface area contributed by atoms with Crippen LogP contribution in [-0.4, -0.2) is 0 Å². The molecule has 0 atom stereocenters. The van der Waals surface area contributed by atoms with Gasteiger partial charge in [-0.3, -0.25) is 0 Å². The zero-order valence-electron chi connectivity index (χ0n) is 31.5. The molecule has 1 aromatic heterocycles. The molecule has 10 aromatic rings. The minimum atomic E-state index is -0.0897. The fourth-order valence-corrected chi connectivity index (χ4v) is 11.6. The van der Waals surface area contributed by atoms with Crippen LogP contribution >= 0.6 is 11.3 Å². The summed E-state index contributed by atoms with van der Waals surface area (Å²) in [5.41, 5.74) is 13.8. The van der Waals surface area contributed by atoms with E-state index in [4.69, 9.17) is 0 Å². The smallest absolute Gasteiger partial charge is 0.0440 e. The molecule has 264 valence electrons. The molecule has 0 unspecified atom stereocenters. The second-order valence-electron chi connectivity index (χ2n) is 16.3. The summed E-state index contributed by atoms with van der Waals surface area (Å²) in [6.07, 6.45) is 6.84. The van der Waals surface area contributed by atoms with E-state index in [0.29, 0.717) is 0 Å². The third-order valence-corrected chi connectivity index (χ3v) is 14.2. The minimum absolute atomic E-state index is 0.0897. The number of thiophene rings is 1. The fourth-order valence-electron chi connectivity index (χ4n) is 10.3. The molecule has 0 amide bonds. The van der Waals surface area contributed by atoms with Gasteiger partial charge < -0.3 is 0 Å². The first-order chi connectivity index (χ1) is 27.5. The summed E-state index contributed by atoms with van der Waals surface area (Å²) in [6.45, 7) is 4.84. The zero-order valence-corrected chi connectivity index (χ0v) is 32.3. The standard InChI is InChI=1S/C55H38S/c1-55(2)47-31-28-36-26-29-45-39-15-9-10-21-49(39)56-54(45)51(36)53(47)46-30-27-37(32-48(46)55)33-22-24-35(25-23-33)50-41-16-5-7-18-43(41)52(44-19-8-6-17-42(44)50)40-20-11-13-34-12-3-4-14-38(34)40/h3-22,24,26-32H,23,25H2,1-2H3. The molecule has 12 rings (SSSR count). The molecule has 0 nitrogen and oxygen atoms in total. The van der Waals surface area contributed by atoms with Gasteiger partial charge in [-0.15, -0.1) is 11.3 Å². The second kappa shape index (κ2) is 11.9. The summed E-state index contributed by atoms with van der Waals surface area (Å²) in [5, 5.41) is 13.3. The predicted molar refractivity (Wildman–Crippen MR) is 244 cm³/mol. The average Bonchev–Trinajstić information content (AvgIpc) is 3.74. The Bertz CT molecular complexity index is 3320. The molecule has 0 bridgehead atoms. The zero-order chi connectivity index (χ0) is 37.1. The van der Waals surface area contributed by atoms with Gasteiger partial charge in [0.1, 0.15) is 0 Å². The third-order valence-electron chi connectivity index (χ3n) is 13.0. The van der Waals surface area contributed by atoms with Crippen LogP contribution in [0, 0.1) is 0 Å². The van der Waals surface area contributed by atoms with E-state index in [0.717, 1.165) is 12.8 Å². The lowest BCUT2D eigenvalue weighted by Crippen LogP contribution is -2.15. The van der Waals surface area contributed by atoms with Crippen LogP contribution in [0.4, 0.5) is 0 Å². The van der Waals surface area contributed by atoms with Crippen LogP contribution in [-0.2, 0) is 5.41 Å². The Morgan fingerprint density at radius 3 is 1.80 bits per heavy atom. The molecule has 0 N–H and O–H groups in total. The van der Waals surface area contributed by atoms with Crippen LogP contribution in [0.1, 0.15) is 48.9 Å². The van der Waals surface area contributed by atoms with Crippen LogP contribution in [0.25, 0.3) is 96.7 Å². The van der Waals surface area contributed by atoms with Crippen molar-refractivity contribution in [2.45, 2.75) is 32.1 Å². The van der Waals surface area contributed by atoms with Gasteiger partial charge in [-0.2, -0.15) is 0 Å². The van der Waals surface area contributed by atoms with E-state index in [1.807, 2.05) is 11.3 Å². The largest absolute Gasteiger partial charge is 0.135 e. The normalized spacial score (nSPS) is 14.8. The maximum Gasteiger partial charge on any atom is 0.0440 e. The fraction of sp³-hybridized carbons (Fsp3) is 0.0909. The molecule has 0 spiro atoms. The summed E-state index contributed by atoms with van der Waals surface area (Å²) < 4.78 is 2.77. The summed E-state index contributed by atoms with van der Waals surface area (Å²) >= 11 is 1.94. The van der Waals surface area contributed by atoms with Gasteiger partial charge in [-0.25, -0.2) is 0 Å². The maximum atomic E-state index is 2.51. The van der Waals surface area contributed by atoms with E-state index in [1.54, 1.807) is 0 Å². The van der Waals surface area contributed by atoms with E-state index in [9.17, 15) is 0 Å². The quantitative estimate of drug-likeness (QED) is 0.159. The van der Waals surface area contributed by atoms with Gasteiger partial charge >= 0.3 is 0 Å². The molecule has 2 aliphatic rings. The molecule has 1 heteroatoms. The number of allylic oxidation sites excluding steroid dienone is 4. The maximum absolute atomic E-state index is 2.51. The molecule has 0 aliphatic heterocycles. The summed E-state index contributed by atoms with van der Waals surface area (Å²) in [6, 6.07) is 59.3. The number of benzene rings is 9. The molecule has 56 heavy (non-hydrogen) atoms. The predicted octanol–water partition coefficient (Wildman–Crippen LogP) is 15.9. The molecule has 0 fully saturated rings. The Kier molecular flexibility index (Phi) is 6.78. The van der Waals surface area contributed by atoms with Gasteiger partial charge in [0.25, 0.3) is 0 Å². The van der Waals surface area contributed by atoms with E-state index in [2.05, 4.69) is 184 Å². The van der Waals surface area contributed by atoms with Crippen LogP contribution in [0.2, 0.25) is 0 Å². The first kappa shape index (κ1) is 32.0. The van der Waals surface area contributed by atoms with Crippen molar-refractivity contribution in [3.63, 3.8) is 0 Å². The number of rotatable bonds is 3. The van der Waals surface area contributed by atoms with Crippen molar-refractivity contribution in [2.24, 2.45) is 0 Å². The lowest BCUT2D eigenvalue weighted by molar-refractivity contribution is 0.660. The highest BCUT2D eigenvalue weighted by molar-refractivity contribution is 7.26. The molecule has 1 heterocycles. The lowest BCUT2D eigenvalue weighted by Gasteiger charge is -2.24. The Hall–Kier alpha value is -6.28. The van der Waals surface area contributed by atoms with Crippen molar-refractivity contribution in [3.05, 3.63) is 192 Å². The Balaban J connectivity index is 0.995. The van der Waals surface area contributed by atoms with E-state index in [1.165, 1.54) is 119 Å². The monoisotopic (exact) mass is 730 g/mol. The SMILES string of the molecule is CC1(C)c2cc(C3=CC=C(c4c5ccccc5c(-c5cccc6ccccc56)c5ccccc45)CC3)ccc2-c2c1ccc1ccc3c4ccccc4sc3c21. The average molecular weight is 731 g/mol. The Morgan fingerprint density at radius 1 is 0.429 bits per heavy atom. The summed E-state index contributed by atoms with van der Waals surface area (Å²) in [4.78, 5) is 0. The highest BCUT2D eigenvalue weighted by Crippen LogP contribution is 2.54. The van der Waals surface area contributed by atoms with Crippen LogP contribution in [0.3, 0.4) is 0 Å². The molecule has 9 aromatic carbocycles. The Morgan fingerprint density at radius 2 is 1.05 bits per heavy atom. The van der Waals surface area contributed by atoms with Gasteiger partial charge in [0.15, 0.2) is 0 Å². The van der Waals surface area contributed by atoms with Crippen molar-refractivity contribution in [1.82, 2.24) is 0 Å². The van der Waals surface area contributed by atoms with Crippen LogP contribution in [0.15, 0.2) is 170 Å². The first-order valence-corrected chi connectivity index (χ1v) is 20.7. The van der Waals surface area contributed by atoms with E-state index in [-0.39, 0.29) is 5.41 Å². The number of hydrogen-bond donors (Lipinski definition) is 0. The highest BCUT2D eigenvalue weighted by atomic mass is 32.1. The van der Waals surface area contributed by atoms with Crippen molar-refractivity contribution < 1.29 is 0 Å². The molecular formula is C55H38S. The van der Waals surface area contributed by atoms with Crippen molar-refractivity contribution in [1.29, 1.82) is 0 Å². The molecule has 2 aliphatic carbocycles. The summed E-state index contributed by atoms with van der Waals surface area (Å²) in [7, 11) is 0.